The van der Waals surface area contributed by atoms with Crippen LogP contribution in [0.3, 0.4) is 0 Å². The van der Waals surface area contributed by atoms with Crippen LogP contribution in [0.1, 0.15) is 95.4 Å². The lowest BCUT2D eigenvalue weighted by molar-refractivity contribution is -0.643. The van der Waals surface area contributed by atoms with E-state index in [9.17, 15) is 0 Å². The van der Waals surface area contributed by atoms with Crippen molar-refractivity contribution in [2.24, 2.45) is 12.5 Å². The Kier molecular flexibility index (Phi) is 5.60. The van der Waals surface area contributed by atoms with Gasteiger partial charge in [0.2, 0.25) is 5.52 Å². The first kappa shape index (κ1) is 26.9. The summed E-state index contributed by atoms with van der Waals surface area (Å²) in [6, 6.07) is 21.5. The molecule has 0 spiro atoms. The van der Waals surface area contributed by atoms with E-state index < -0.39 is 0 Å². The first-order chi connectivity index (χ1) is 20.4. The molecule has 3 aromatic heterocycles. The number of hydrogen-bond donors (Lipinski definition) is 0. The molecule has 7 aromatic rings. The number of para-hydroxylation sites is 1. The van der Waals surface area contributed by atoms with Gasteiger partial charge in [-0.15, -0.1) is 0 Å². The molecular formula is C41H45N2+. The fourth-order valence-electron chi connectivity index (χ4n) is 8.55. The molecule has 0 bridgehead atoms. The van der Waals surface area contributed by atoms with Crippen LogP contribution in [-0.2, 0) is 18.9 Å². The van der Waals surface area contributed by atoms with Gasteiger partial charge in [0.15, 0.2) is 6.20 Å². The van der Waals surface area contributed by atoms with Crippen LogP contribution < -0.4 is 4.57 Å². The fourth-order valence-corrected chi connectivity index (χ4v) is 8.55. The predicted molar refractivity (Wildman–Crippen MR) is 185 cm³/mol. The Bertz CT molecular complexity index is 2240. The van der Waals surface area contributed by atoms with Gasteiger partial charge in [-0.25, -0.2) is 4.57 Å². The normalized spacial score (nSPS) is 15.5. The lowest BCUT2D eigenvalue weighted by Gasteiger charge is -2.26. The molecule has 1 saturated carbocycles. The molecule has 43 heavy (non-hydrogen) atoms. The first-order valence-corrected chi connectivity index (χ1v) is 16.4. The monoisotopic (exact) mass is 565 g/mol. The summed E-state index contributed by atoms with van der Waals surface area (Å²) in [5.41, 5.74) is 11.7. The Balaban J connectivity index is 1.72. The van der Waals surface area contributed by atoms with Crippen LogP contribution in [0.15, 0.2) is 60.8 Å². The Morgan fingerprint density at radius 2 is 1.53 bits per heavy atom. The van der Waals surface area contributed by atoms with E-state index in [-0.39, 0.29) is 10.8 Å². The van der Waals surface area contributed by atoms with E-state index in [2.05, 4.69) is 125 Å². The van der Waals surface area contributed by atoms with Gasteiger partial charge in [-0.2, -0.15) is 0 Å². The second-order valence-electron chi connectivity index (χ2n) is 15.8. The summed E-state index contributed by atoms with van der Waals surface area (Å²) in [5.74, 6) is 0.644. The summed E-state index contributed by atoms with van der Waals surface area (Å²) in [6.07, 6.45) is 8.63. The zero-order valence-electron chi connectivity index (χ0n) is 27.3. The van der Waals surface area contributed by atoms with Crippen LogP contribution in [0.4, 0.5) is 0 Å². The zero-order valence-corrected chi connectivity index (χ0v) is 27.3. The lowest BCUT2D eigenvalue weighted by atomic mass is 9.80. The van der Waals surface area contributed by atoms with Gasteiger partial charge in [0.05, 0.1) is 27.3 Å². The highest BCUT2D eigenvalue weighted by Crippen LogP contribution is 2.49. The molecule has 0 aliphatic heterocycles. The SMILES string of the molecule is Cc1c2cc(C(C)(C)C)ccc2c(CC(C)(C)C)c2c1c1c3c(cc[n+]1C)cc(C1CCCC1)c1c4ccccc4n2c13. The molecule has 8 rings (SSSR count). The molecule has 0 N–H and O–H groups in total. The van der Waals surface area contributed by atoms with Crippen molar-refractivity contribution in [1.82, 2.24) is 4.40 Å². The fraction of sp³-hybridized carbons (Fsp3) is 0.390. The van der Waals surface area contributed by atoms with Crippen LogP contribution in [0, 0.1) is 12.3 Å². The summed E-state index contributed by atoms with van der Waals surface area (Å²) < 4.78 is 5.11. The third-order valence-electron chi connectivity index (χ3n) is 10.5. The van der Waals surface area contributed by atoms with Crippen LogP contribution in [0.5, 0.6) is 0 Å². The number of hydrogen-bond acceptors (Lipinski definition) is 0. The van der Waals surface area contributed by atoms with Crippen molar-refractivity contribution < 1.29 is 4.57 Å². The van der Waals surface area contributed by atoms with E-state index in [1.165, 1.54) is 102 Å². The van der Waals surface area contributed by atoms with Gasteiger partial charge in [0, 0.05) is 16.8 Å². The van der Waals surface area contributed by atoms with Crippen LogP contribution in [0.25, 0.3) is 59.8 Å². The van der Waals surface area contributed by atoms with E-state index in [1.807, 2.05) is 0 Å². The van der Waals surface area contributed by atoms with E-state index in [0.29, 0.717) is 5.92 Å². The third-order valence-corrected chi connectivity index (χ3v) is 10.5. The number of aromatic nitrogens is 2. The Morgan fingerprint density at radius 3 is 2.26 bits per heavy atom. The summed E-state index contributed by atoms with van der Waals surface area (Å²) in [4.78, 5) is 0. The summed E-state index contributed by atoms with van der Waals surface area (Å²) >= 11 is 0. The number of pyridine rings is 2. The van der Waals surface area contributed by atoms with Crippen molar-refractivity contribution >= 4 is 59.8 Å². The summed E-state index contributed by atoms with van der Waals surface area (Å²) in [6.45, 7) is 16.6. The minimum absolute atomic E-state index is 0.0947. The van der Waals surface area contributed by atoms with Crippen molar-refractivity contribution in [3.63, 3.8) is 0 Å². The first-order valence-electron chi connectivity index (χ1n) is 16.4. The van der Waals surface area contributed by atoms with Crippen molar-refractivity contribution in [3.05, 3.63) is 83.0 Å². The van der Waals surface area contributed by atoms with Gasteiger partial charge in [-0.3, -0.25) is 0 Å². The van der Waals surface area contributed by atoms with Crippen molar-refractivity contribution in [1.29, 1.82) is 0 Å². The highest BCUT2D eigenvalue weighted by atomic mass is 15.0. The Labute approximate surface area is 255 Å². The molecule has 2 nitrogen and oxygen atoms in total. The maximum absolute atomic E-state index is 2.71. The topological polar surface area (TPSA) is 8.29 Å². The summed E-state index contributed by atoms with van der Waals surface area (Å²) in [5, 5.41) is 9.94. The number of nitrogens with zero attached hydrogens (tertiary/aromatic N) is 2. The molecule has 0 atom stereocenters. The van der Waals surface area contributed by atoms with Crippen molar-refractivity contribution in [2.45, 2.75) is 91.9 Å². The minimum atomic E-state index is 0.0947. The molecule has 0 unspecified atom stereocenters. The highest BCUT2D eigenvalue weighted by molar-refractivity contribution is 6.29. The molecule has 1 aliphatic rings. The van der Waals surface area contributed by atoms with Crippen LogP contribution in [-0.4, -0.2) is 4.40 Å². The molecule has 218 valence electrons. The molecule has 1 fully saturated rings. The molecule has 0 radical (unpaired) electrons. The lowest BCUT2D eigenvalue weighted by Crippen LogP contribution is -2.29. The third kappa shape index (κ3) is 3.81. The summed E-state index contributed by atoms with van der Waals surface area (Å²) in [7, 11) is 2.26. The molecule has 4 aromatic carbocycles. The van der Waals surface area contributed by atoms with Crippen LogP contribution >= 0.6 is 0 Å². The smallest absolute Gasteiger partial charge is 0.224 e. The zero-order chi connectivity index (χ0) is 30.0. The number of rotatable bonds is 2. The van der Waals surface area contributed by atoms with Crippen molar-refractivity contribution in [2.75, 3.05) is 0 Å². The van der Waals surface area contributed by atoms with Gasteiger partial charge in [0.1, 0.15) is 7.05 Å². The molecule has 3 heterocycles. The van der Waals surface area contributed by atoms with Crippen molar-refractivity contribution in [3.8, 4) is 0 Å². The molecule has 0 saturated heterocycles. The second kappa shape index (κ2) is 8.94. The Morgan fingerprint density at radius 1 is 0.791 bits per heavy atom. The molecule has 1 aliphatic carbocycles. The van der Waals surface area contributed by atoms with E-state index in [4.69, 9.17) is 0 Å². The molecule has 0 amide bonds. The maximum atomic E-state index is 2.71. The van der Waals surface area contributed by atoms with Gasteiger partial charge in [0.25, 0.3) is 0 Å². The van der Waals surface area contributed by atoms with Gasteiger partial charge >= 0.3 is 0 Å². The highest BCUT2D eigenvalue weighted by Gasteiger charge is 2.31. The minimum Gasteiger partial charge on any atom is -0.307 e. The largest absolute Gasteiger partial charge is 0.307 e. The maximum Gasteiger partial charge on any atom is 0.224 e. The second-order valence-corrected chi connectivity index (χ2v) is 15.8. The average Bonchev–Trinajstić information content (AvgIpc) is 3.61. The van der Waals surface area contributed by atoms with Gasteiger partial charge < -0.3 is 4.40 Å². The molecular weight excluding hydrogens is 520 g/mol. The standard InChI is InChI=1S/C41H45N2/c1-24-30-22-27(41(5,6)7)17-18-28(30)32(23-40(2,3)4)37-34(24)38-35-26(19-20-42(38)8)21-31(25-13-9-10-14-25)36-29-15-11-12-16-33(29)43(37)39(35)36/h11-12,15-22,25H,9-10,13-14,23H2,1-8H3/q+1. The quantitative estimate of drug-likeness (QED) is 0.112. The van der Waals surface area contributed by atoms with E-state index in [0.717, 1.165) is 6.42 Å². The number of aryl methyl sites for hydroxylation is 2. The number of fused-ring (bicyclic) bond motifs is 7. The number of benzene rings is 4. The van der Waals surface area contributed by atoms with E-state index >= 15 is 0 Å². The van der Waals surface area contributed by atoms with Crippen LogP contribution in [0.2, 0.25) is 0 Å². The van der Waals surface area contributed by atoms with E-state index in [1.54, 1.807) is 5.56 Å². The molecule has 2 heteroatoms. The Hall–Kier alpha value is -3.65. The average molecular weight is 566 g/mol. The predicted octanol–water partition coefficient (Wildman–Crippen LogP) is 10.8. The van der Waals surface area contributed by atoms with Gasteiger partial charge in [-0.1, -0.05) is 90.8 Å². The van der Waals surface area contributed by atoms with Gasteiger partial charge in [-0.05, 0) is 93.5 Å².